The van der Waals surface area contributed by atoms with E-state index in [0.29, 0.717) is 15.4 Å². The topological polar surface area (TPSA) is 66.5 Å². The van der Waals surface area contributed by atoms with Crippen molar-refractivity contribution in [3.8, 4) is 0 Å². The summed E-state index contributed by atoms with van der Waals surface area (Å²) in [5.41, 5.74) is 2.93. The lowest BCUT2D eigenvalue weighted by Crippen LogP contribution is -2.22. The molecule has 23 heavy (non-hydrogen) atoms. The van der Waals surface area contributed by atoms with Crippen molar-refractivity contribution >= 4 is 33.0 Å². The van der Waals surface area contributed by atoms with Crippen molar-refractivity contribution in [3.05, 3.63) is 45.1 Å². The molecule has 0 saturated heterocycles. The highest BCUT2D eigenvalue weighted by atomic mass is 32.2. The molecule has 0 bridgehead atoms. The number of nitrogens with zero attached hydrogens (tertiary/aromatic N) is 1. The minimum atomic E-state index is -3.54. The summed E-state index contributed by atoms with van der Waals surface area (Å²) in [4.78, 5) is 13.5. The van der Waals surface area contributed by atoms with Crippen molar-refractivity contribution in [2.45, 2.75) is 25.7 Å². The zero-order valence-corrected chi connectivity index (χ0v) is 15.4. The molecule has 0 aliphatic rings. The largest absolute Gasteiger partial charge is 0.321 e. The molecule has 1 aromatic carbocycles. The number of benzene rings is 1. The maximum absolute atomic E-state index is 12.4. The summed E-state index contributed by atoms with van der Waals surface area (Å²) in [5, 5.41) is 2.81. The molecular weight excluding hydrogens is 332 g/mol. The van der Waals surface area contributed by atoms with E-state index in [1.54, 1.807) is 6.92 Å². The molecule has 0 atom stereocenters. The van der Waals surface area contributed by atoms with Crippen LogP contribution in [0.3, 0.4) is 0 Å². The third-order valence-electron chi connectivity index (χ3n) is 3.62. The third kappa shape index (κ3) is 3.63. The molecule has 7 heteroatoms. The molecule has 1 amide bonds. The Balaban J connectivity index is 2.29. The fourth-order valence-corrected chi connectivity index (χ4v) is 4.39. The second-order valence-electron chi connectivity index (χ2n) is 5.57. The summed E-state index contributed by atoms with van der Waals surface area (Å²) < 4.78 is 25.6. The van der Waals surface area contributed by atoms with Gasteiger partial charge in [-0.1, -0.05) is 6.07 Å². The Morgan fingerprint density at radius 1 is 1.09 bits per heavy atom. The summed E-state index contributed by atoms with van der Waals surface area (Å²) in [6.45, 7) is 5.68. The van der Waals surface area contributed by atoms with Crippen LogP contribution < -0.4 is 5.32 Å². The zero-order chi connectivity index (χ0) is 17.4. The normalized spacial score (nSPS) is 11.7. The number of anilines is 1. The Labute approximate surface area is 141 Å². The van der Waals surface area contributed by atoms with Crippen LogP contribution in [0, 0.1) is 20.8 Å². The second-order valence-corrected chi connectivity index (χ2v) is 8.95. The summed E-state index contributed by atoms with van der Waals surface area (Å²) >= 11 is 1.18. The van der Waals surface area contributed by atoms with Crippen LogP contribution in [0.2, 0.25) is 0 Å². The molecule has 0 unspecified atom stereocenters. The van der Waals surface area contributed by atoms with E-state index in [0.717, 1.165) is 15.4 Å². The molecule has 5 nitrogen and oxygen atoms in total. The van der Waals surface area contributed by atoms with E-state index < -0.39 is 10.0 Å². The van der Waals surface area contributed by atoms with E-state index in [-0.39, 0.29) is 10.8 Å². The lowest BCUT2D eigenvalue weighted by molar-refractivity contribution is 0.103. The van der Waals surface area contributed by atoms with Gasteiger partial charge >= 0.3 is 0 Å². The van der Waals surface area contributed by atoms with Gasteiger partial charge in [0.2, 0.25) is 10.0 Å². The van der Waals surface area contributed by atoms with Gasteiger partial charge in [-0.15, -0.1) is 11.3 Å². The first-order valence-electron chi connectivity index (χ1n) is 7.04. The summed E-state index contributed by atoms with van der Waals surface area (Å²) in [7, 11) is -0.595. The van der Waals surface area contributed by atoms with Crippen LogP contribution in [-0.2, 0) is 10.0 Å². The van der Waals surface area contributed by atoms with Crippen molar-refractivity contribution < 1.29 is 13.2 Å². The number of amides is 1. The minimum absolute atomic E-state index is 0.178. The molecule has 2 aromatic rings. The molecule has 1 heterocycles. The Morgan fingerprint density at radius 2 is 1.74 bits per heavy atom. The lowest BCUT2D eigenvalue weighted by atomic mass is 10.1. The molecule has 0 spiro atoms. The van der Waals surface area contributed by atoms with Crippen molar-refractivity contribution in [2.24, 2.45) is 0 Å². The maximum Gasteiger partial charge on any atom is 0.265 e. The van der Waals surface area contributed by atoms with E-state index >= 15 is 0 Å². The number of nitrogens with one attached hydrogen (secondary N) is 1. The highest BCUT2D eigenvalue weighted by molar-refractivity contribution is 7.89. The minimum Gasteiger partial charge on any atom is -0.321 e. The van der Waals surface area contributed by atoms with Crippen LogP contribution in [0.1, 0.15) is 25.7 Å². The summed E-state index contributed by atoms with van der Waals surface area (Å²) in [5.74, 6) is -0.304. The van der Waals surface area contributed by atoms with Crippen LogP contribution in [-0.4, -0.2) is 32.7 Å². The molecular formula is C16H20N2O3S2. The summed E-state index contributed by atoms with van der Waals surface area (Å²) in [6.07, 6.45) is 0. The molecule has 0 aliphatic carbocycles. The average Bonchev–Trinajstić information content (AvgIpc) is 2.85. The smallest absolute Gasteiger partial charge is 0.265 e. The second kappa shape index (κ2) is 6.43. The molecule has 124 valence electrons. The van der Waals surface area contributed by atoms with E-state index in [1.807, 2.05) is 32.0 Å². The highest BCUT2D eigenvalue weighted by Gasteiger charge is 2.24. The predicted octanol–water partition coefficient (Wildman–Crippen LogP) is 3.18. The van der Waals surface area contributed by atoms with Crippen LogP contribution in [0.5, 0.6) is 0 Å². The van der Waals surface area contributed by atoms with Gasteiger partial charge < -0.3 is 5.32 Å². The third-order valence-corrected chi connectivity index (χ3v) is 6.74. The molecule has 0 radical (unpaired) electrons. The summed E-state index contributed by atoms with van der Waals surface area (Å²) in [6, 6.07) is 7.10. The van der Waals surface area contributed by atoms with Gasteiger partial charge in [0.25, 0.3) is 5.91 Å². The molecule has 1 aromatic heterocycles. The first kappa shape index (κ1) is 17.7. The number of aryl methyl sites for hydroxylation is 3. The molecule has 0 fully saturated rings. The van der Waals surface area contributed by atoms with Crippen LogP contribution in [0.25, 0.3) is 0 Å². The predicted molar refractivity (Wildman–Crippen MR) is 93.8 cm³/mol. The standard InChI is InChI=1S/C16H20N2O3S2/c1-10-6-7-13(8-11(10)2)17-16(19)14-9-15(12(3)22-14)23(20,21)18(4)5/h6-9H,1-5H3,(H,17,19). The van der Waals surface area contributed by atoms with Gasteiger partial charge in [-0.05, 0) is 50.1 Å². The fourth-order valence-electron chi connectivity index (χ4n) is 2.04. The molecule has 1 N–H and O–H groups in total. The zero-order valence-electron chi connectivity index (χ0n) is 13.8. The first-order valence-corrected chi connectivity index (χ1v) is 9.30. The number of thiophene rings is 1. The highest BCUT2D eigenvalue weighted by Crippen LogP contribution is 2.28. The van der Waals surface area contributed by atoms with Gasteiger partial charge in [0, 0.05) is 24.7 Å². The van der Waals surface area contributed by atoms with Crippen LogP contribution in [0.4, 0.5) is 5.69 Å². The van der Waals surface area contributed by atoms with E-state index in [1.165, 1.54) is 31.5 Å². The molecule has 0 saturated carbocycles. The maximum atomic E-state index is 12.4. The van der Waals surface area contributed by atoms with Crippen molar-refractivity contribution in [3.63, 3.8) is 0 Å². The van der Waals surface area contributed by atoms with Gasteiger partial charge in [0.1, 0.15) is 0 Å². The first-order chi connectivity index (χ1) is 10.6. The Kier molecular flexibility index (Phi) is 4.93. The van der Waals surface area contributed by atoms with Gasteiger partial charge in [0.05, 0.1) is 9.77 Å². The molecule has 0 aliphatic heterocycles. The monoisotopic (exact) mass is 352 g/mol. The van der Waals surface area contributed by atoms with Gasteiger partial charge in [-0.2, -0.15) is 0 Å². The van der Waals surface area contributed by atoms with Crippen molar-refractivity contribution in [1.82, 2.24) is 4.31 Å². The molecule has 2 rings (SSSR count). The number of rotatable bonds is 4. The number of hydrogen-bond donors (Lipinski definition) is 1. The lowest BCUT2D eigenvalue weighted by Gasteiger charge is -2.10. The average molecular weight is 352 g/mol. The Morgan fingerprint density at radius 3 is 2.30 bits per heavy atom. The number of carbonyl (C=O) groups excluding carboxylic acids is 1. The van der Waals surface area contributed by atoms with Gasteiger partial charge in [-0.25, -0.2) is 12.7 Å². The quantitative estimate of drug-likeness (QED) is 0.919. The van der Waals surface area contributed by atoms with E-state index in [2.05, 4.69) is 5.32 Å². The van der Waals surface area contributed by atoms with E-state index in [4.69, 9.17) is 0 Å². The van der Waals surface area contributed by atoms with Crippen LogP contribution >= 0.6 is 11.3 Å². The fraction of sp³-hybridized carbons (Fsp3) is 0.312. The Hall–Kier alpha value is -1.70. The van der Waals surface area contributed by atoms with Gasteiger partial charge in [-0.3, -0.25) is 4.79 Å². The number of hydrogen-bond acceptors (Lipinski definition) is 4. The van der Waals surface area contributed by atoms with Gasteiger partial charge in [0.15, 0.2) is 0 Å². The van der Waals surface area contributed by atoms with Crippen LogP contribution in [0.15, 0.2) is 29.2 Å². The number of sulfonamides is 1. The van der Waals surface area contributed by atoms with E-state index in [9.17, 15) is 13.2 Å². The van der Waals surface area contributed by atoms with Crippen molar-refractivity contribution in [2.75, 3.05) is 19.4 Å². The SMILES string of the molecule is Cc1ccc(NC(=O)c2cc(S(=O)(=O)N(C)C)c(C)s2)cc1C. The Bertz CT molecular complexity index is 852. The number of carbonyl (C=O) groups is 1. The van der Waals surface area contributed by atoms with Crippen molar-refractivity contribution in [1.29, 1.82) is 0 Å².